The fourth-order valence-electron chi connectivity index (χ4n) is 3.83. The van der Waals surface area contributed by atoms with Crippen molar-refractivity contribution in [1.29, 1.82) is 0 Å². The third-order valence-corrected chi connectivity index (χ3v) is 5.40. The lowest BCUT2D eigenvalue weighted by Gasteiger charge is -2.53. The third kappa shape index (κ3) is 2.73. The van der Waals surface area contributed by atoms with E-state index in [1.165, 1.54) is 19.3 Å². The van der Waals surface area contributed by atoms with Crippen LogP contribution in [0, 0.1) is 0 Å². The molecule has 1 aromatic carbocycles. The first-order valence-corrected chi connectivity index (χ1v) is 8.50. The van der Waals surface area contributed by atoms with E-state index in [1.807, 2.05) is 42.5 Å². The van der Waals surface area contributed by atoms with Crippen molar-refractivity contribution in [2.24, 2.45) is 0 Å². The predicted molar refractivity (Wildman–Crippen MR) is 92.4 cm³/mol. The van der Waals surface area contributed by atoms with Crippen molar-refractivity contribution in [3.05, 3.63) is 58.4 Å². The molecule has 0 atom stereocenters. The zero-order valence-corrected chi connectivity index (χ0v) is 13.3. The van der Waals surface area contributed by atoms with E-state index in [4.69, 9.17) is 0 Å². The van der Waals surface area contributed by atoms with Crippen LogP contribution in [0.2, 0.25) is 0 Å². The largest absolute Gasteiger partial charge is 0.322 e. The van der Waals surface area contributed by atoms with Crippen LogP contribution in [0.3, 0.4) is 0 Å². The molecule has 1 saturated heterocycles. The first-order valence-electron chi connectivity index (χ1n) is 8.50. The van der Waals surface area contributed by atoms with Gasteiger partial charge in [-0.1, -0.05) is 36.4 Å². The summed E-state index contributed by atoms with van der Waals surface area (Å²) in [5.41, 5.74) is 3.15. The van der Waals surface area contributed by atoms with Gasteiger partial charge in [-0.15, -0.1) is 0 Å². The normalized spacial score (nSPS) is 20.3. The molecule has 2 aliphatic rings. The van der Waals surface area contributed by atoms with Crippen LogP contribution in [-0.2, 0) is 6.54 Å². The van der Waals surface area contributed by atoms with Crippen LogP contribution in [0.5, 0.6) is 0 Å². The summed E-state index contributed by atoms with van der Waals surface area (Å²) < 4.78 is 0. The van der Waals surface area contributed by atoms with Gasteiger partial charge < -0.3 is 10.3 Å². The van der Waals surface area contributed by atoms with Gasteiger partial charge in [0, 0.05) is 43.0 Å². The Labute approximate surface area is 136 Å². The number of hydrogen-bond donors (Lipinski definition) is 2. The van der Waals surface area contributed by atoms with E-state index in [2.05, 4.69) is 15.2 Å². The maximum atomic E-state index is 12.5. The maximum Gasteiger partial charge on any atom is 0.252 e. The van der Waals surface area contributed by atoms with Crippen molar-refractivity contribution in [3.63, 3.8) is 0 Å². The molecule has 1 aromatic heterocycles. The lowest BCUT2D eigenvalue weighted by molar-refractivity contribution is -0.0106. The highest BCUT2D eigenvalue weighted by atomic mass is 16.1. The first kappa shape index (κ1) is 14.7. The zero-order chi connectivity index (χ0) is 15.7. The molecule has 23 heavy (non-hydrogen) atoms. The van der Waals surface area contributed by atoms with Gasteiger partial charge in [0.15, 0.2) is 0 Å². The number of nitrogens with one attached hydrogen (secondary N) is 2. The van der Waals surface area contributed by atoms with Crippen molar-refractivity contribution in [2.45, 2.75) is 31.3 Å². The minimum Gasteiger partial charge on any atom is -0.322 e. The Hall–Kier alpha value is -1.91. The van der Waals surface area contributed by atoms with Gasteiger partial charge in [-0.05, 0) is 30.9 Å². The van der Waals surface area contributed by atoms with E-state index in [9.17, 15) is 4.79 Å². The van der Waals surface area contributed by atoms with Crippen LogP contribution in [0.4, 0.5) is 0 Å². The molecule has 1 spiro atoms. The summed E-state index contributed by atoms with van der Waals surface area (Å²) in [5.74, 6) is 0. The van der Waals surface area contributed by atoms with Gasteiger partial charge in [-0.2, -0.15) is 0 Å². The maximum absolute atomic E-state index is 12.5. The number of hydrogen-bond acceptors (Lipinski definition) is 3. The molecule has 0 bridgehead atoms. The average molecular weight is 309 g/mol. The molecule has 4 rings (SSSR count). The number of nitrogens with zero attached hydrogens (tertiary/aromatic N) is 1. The van der Waals surface area contributed by atoms with Crippen molar-refractivity contribution < 1.29 is 0 Å². The Morgan fingerprint density at radius 2 is 1.91 bits per heavy atom. The molecule has 4 nitrogen and oxygen atoms in total. The van der Waals surface area contributed by atoms with Crippen LogP contribution in [0.1, 0.15) is 24.8 Å². The van der Waals surface area contributed by atoms with Crippen LogP contribution in [0.25, 0.3) is 11.3 Å². The van der Waals surface area contributed by atoms with Gasteiger partial charge in [0.05, 0.1) is 0 Å². The average Bonchev–Trinajstić information content (AvgIpc) is 2.56. The number of aromatic amines is 1. The monoisotopic (exact) mass is 309 g/mol. The summed E-state index contributed by atoms with van der Waals surface area (Å²) in [6.45, 7) is 3.86. The number of benzene rings is 1. The molecule has 2 heterocycles. The minimum absolute atomic E-state index is 0.0411. The third-order valence-electron chi connectivity index (χ3n) is 5.40. The second kappa shape index (κ2) is 5.95. The molecular weight excluding hydrogens is 286 g/mol. The van der Waals surface area contributed by atoms with Gasteiger partial charge in [-0.25, -0.2) is 0 Å². The molecule has 1 aliphatic heterocycles. The number of aromatic nitrogens is 1. The zero-order valence-electron chi connectivity index (χ0n) is 13.3. The molecule has 2 aromatic rings. The fourth-order valence-corrected chi connectivity index (χ4v) is 3.83. The summed E-state index contributed by atoms with van der Waals surface area (Å²) >= 11 is 0. The van der Waals surface area contributed by atoms with Crippen LogP contribution in [0.15, 0.2) is 47.3 Å². The molecule has 2 N–H and O–H groups in total. The SMILES string of the molecule is O=c1[nH]c(-c2ccccc2)ccc1CN1CCNCC12CCC2. The quantitative estimate of drug-likeness (QED) is 0.915. The predicted octanol–water partition coefficient (Wildman–Crippen LogP) is 2.37. The molecule has 2 fully saturated rings. The van der Waals surface area contributed by atoms with Crippen molar-refractivity contribution in [3.8, 4) is 11.3 Å². The van der Waals surface area contributed by atoms with Crippen LogP contribution < -0.4 is 10.9 Å². The van der Waals surface area contributed by atoms with Gasteiger partial charge in [0.25, 0.3) is 5.56 Å². The van der Waals surface area contributed by atoms with Crippen molar-refractivity contribution in [2.75, 3.05) is 19.6 Å². The van der Waals surface area contributed by atoms with Gasteiger partial charge in [0.2, 0.25) is 0 Å². The van der Waals surface area contributed by atoms with E-state index in [-0.39, 0.29) is 5.56 Å². The van der Waals surface area contributed by atoms with Gasteiger partial charge in [0.1, 0.15) is 0 Å². The number of pyridine rings is 1. The highest BCUT2D eigenvalue weighted by Crippen LogP contribution is 2.39. The summed E-state index contributed by atoms with van der Waals surface area (Å²) in [5, 5.41) is 3.51. The Morgan fingerprint density at radius 3 is 2.61 bits per heavy atom. The standard InChI is InChI=1S/C19H23N3O/c23-18-16(7-8-17(21-18)15-5-2-1-3-6-15)13-22-12-11-20-14-19(22)9-4-10-19/h1-3,5-8,20H,4,9-14H2,(H,21,23). The van der Waals surface area contributed by atoms with E-state index >= 15 is 0 Å². The Bertz CT molecular complexity index is 734. The summed E-state index contributed by atoms with van der Waals surface area (Å²) in [7, 11) is 0. The topological polar surface area (TPSA) is 48.1 Å². The Morgan fingerprint density at radius 1 is 1.09 bits per heavy atom. The van der Waals surface area contributed by atoms with E-state index < -0.39 is 0 Å². The van der Waals surface area contributed by atoms with Gasteiger partial charge in [-0.3, -0.25) is 9.69 Å². The smallest absolute Gasteiger partial charge is 0.252 e. The number of rotatable bonds is 3. The van der Waals surface area contributed by atoms with Crippen LogP contribution >= 0.6 is 0 Å². The van der Waals surface area contributed by atoms with Gasteiger partial charge >= 0.3 is 0 Å². The Kier molecular flexibility index (Phi) is 3.79. The van der Waals surface area contributed by atoms with Crippen LogP contribution in [-0.4, -0.2) is 35.1 Å². The number of H-pyrrole nitrogens is 1. The Balaban J connectivity index is 1.57. The van der Waals surface area contributed by atoms with Crippen molar-refractivity contribution in [1.82, 2.24) is 15.2 Å². The van der Waals surface area contributed by atoms with E-state index in [0.29, 0.717) is 5.54 Å². The lowest BCUT2D eigenvalue weighted by atomic mass is 9.74. The molecule has 0 radical (unpaired) electrons. The molecule has 1 saturated carbocycles. The molecular formula is C19H23N3O. The van der Waals surface area contributed by atoms with E-state index in [0.717, 1.165) is 43.0 Å². The fraction of sp³-hybridized carbons (Fsp3) is 0.421. The highest BCUT2D eigenvalue weighted by molar-refractivity contribution is 5.58. The summed E-state index contributed by atoms with van der Waals surface area (Å²) in [4.78, 5) is 18.1. The second-order valence-corrected chi connectivity index (χ2v) is 6.77. The molecule has 120 valence electrons. The van der Waals surface area contributed by atoms with Crippen molar-refractivity contribution >= 4 is 0 Å². The molecule has 0 amide bonds. The summed E-state index contributed by atoms with van der Waals surface area (Å²) in [6, 6.07) is 14.0. The first-order chi connectivity index (χ1) is 11.3. The molecule has 4 heteroatoms. The molecule has 0 unspecified atom stereocenters. The molecule has 1 aliphatic carbocycles. The van der Waals surface area contributed by atoms with E-state index in [1.54, 1.807) is 0 Å². The number of piperazine rings is 1. The lowest BCUT2D eigenvalue weighted by Crippen LogP contribution is -2.64. The minimum atomic E-state index is 0.0411. The second-order valence-electron chi connectivity index (χ2n) is 6.77. The highest BCUT2D eigenvalue weighted by Gasteiger charge is 2.43. The summed E-state index contributed by atoms with van der Waals surface area (Å²) in [6.07, 6.45) is 3.81.